The summed E-state index contributed by atoms with van der Waals surface area (Å²) in [6, 6.07) is 9.35. The summed E-state index contributed by atoms with van der Waals surface area (Å²) in [7, 11) is 0. The summed E-state index contributed by atoms with van der Waals surface area (Å²) in [5.74, 6) is 0.541. The van der Waals surface area contributed by atoms with Crippen molar-refractivity contribution in [1.29, 1.82) is 0 Å². The van der Waals surface area contributed by atoms with Crippen LogP contribution in [0.5, 0.6) is 0 Å². The average Bonchev–Trinajstić information content (AvgIpc) is 3.17. The van der Waals surface area contributed by atoms with Crippen LogP contribution in [0.25, 0.3) is 11.4 Å². The quantitative estimate of drug-likeness (QED) is 0.738. The van der Waals surface area contributed by atoms with Crippen LogP contribution in [0.15, 0.2) is 34.9 Å². The van der Waals surface area contributed by atoms with Gasteiger partial charge in [-0.25, -0.2) is 0 Å². The lowest BCUT2D eigenvalue weighted by atomic mass is 10.0. The lowest BCUT2D eigenvalue weighted by Crippen LogP contribution is -2.38. The first kappa shape index (κ1) is 18.1. The number of aromatic nitrogens is 2. The van der Waals surface area contributed by atoms with E-state index in [2.05, 4.69) is 10.1 Å². The SMILES string of the molecule is CCOC(=O)CCC(=O)N1CCCCC1c1nc(-c2ccccc2)no1. The molecule has 0 saturated carbocycles. The first-order valence-electron chi connectivity index (χ1n) is 9.03. The Labute approximate surface area is 152 Å². The van der Waals surface area contributed by atoms with E-state index in [0.29, 0.717) is 24.9 Å². The Morgan fingerprint density at radius 3 is 2.81 bits per heavy atom. The molecule has 1 fully saturated rings. The molecule has 1 aromatic heterocycles. The van der Waals surface area contributed by atoms with Crippen LogP contribution >= 0.6 is 0 Å². The highest BCUT2D eigenvalue weighted by molar-refractivity contribution is 5.81. The smallest absolute Gasteiger partial charge is 0.306 e. The van der Waals surface area contributed by atoms with Gasteiger partial charge in [0.2, 0.25) is 17.6 Å². The first-order chi connectivity index (χ1) is 12.7. The molecule has 138 valence electrons. The third-order valence-electron chi connectivity index (χ3n) is 4.43. The highest BCUT2D eigenvalue weighted by atomic mass is 16.5. The predicted octanol–water partition coefficient (Wildman–Crippen LogP) is 3.13. The highest BCUT2D eigenvalue weighted by Crippen LogP contribution is 2.31. The number of benzene rings is 1. The number of hydrogen-bond donors (Lipinski definition) is 0. The molecule has 1 unspecified atom stereocenters. The second-order valence-electron chi connectivity index (χ2n) is 6.23. The lowest BCUT2D eigenvalue weighted by Gasteiger charge is -2.33. The van der Waals surface area contributed by atoms with Crippen LogP contribution < -0.4 is 0 Å². The van der Waals surface area contributed by atoms with Gasteiger partial charge in [-0.2, -0.15) is 4.98 Å². The van der Waals surface area contributed by atoms with Gasteiger partial charge >= 0.3 is 5.97 Å². The second kappa shape index (κ2) is 8.60. The minimum Gasteiger partial charge on any atom is -0.466 e. The van der Waals surface area contributed by atoms with Gasteiger partial charge in [-0.3, -0.25) is 9.59 Å². The van der Waals surface area contributed by atoms with Gasteiger partial charge in [0.05, 0.1) is 13.0 Å². The van der Waals surface area contributed by atoms with Gasteiger partial charge in [0.25, 0.3) is 0 Å². The van der Waals surface area contributed by atoms with Gasteiger partial charge in [0.15, 0.2) is 0 Å². The van der Waals surface area contributed by atoms with Crippen LogP contribution in [-0.4, -0.2) is 40.1 Å². The molecule has 7 heteroatoms. The van der Waals surface area contributed by atoms with Gasteiger partial charge in [0.1, 0.15) is 6.04 Å². The van der Waals surface area contributed by atoms with Crippen LogP contribution in [0.4, 0.5) is 0 Å². The molecule has 0 aliphatic carbocycles. The largest absolute Gasteiger partial charge is 0.466 e. The summed E-state index contributed by atoms with van der Waals surface area (Å²) < 4.78 is 10.3. The number of piperidine rings is 1. The molecular weight excluding hydrogens is 334 g/mol. The van der Waals surface area contributed by atoms with Crippen molar-refractivity contribution in [3.05, 3.63) is 36.2 Å². The molecule has 0 spiro atoms. The molecule has 3 rings (SSSR count). The molecule has 1 atom stereocenters. The Kier molecular flexibility index (Phi) is 5.99. The van der Waals surface area contributed by atoms with Crippen molar-refractivity contribution in [2.75, 3.05) is 13.2 Å². The minimum absolute atomic E-state index is 0.0813. The maximum absolute atomic E-state index is 12.6. The zero-order chi connectivity index (χ0) is 18.4. The lowest BCUT2D eigenvalue weighted by molar-refractivity contribution is -0.146. The van der Waals surface area contributed by atoms with Crippen LogP contribution in [0.3, 0.4) is 0 Å². The number of nitrogens with zero attached hydrogens (tertiary/aromatic N) is 3. The van der Waals surface area contributed by atoms with Gasteiger partial charge < -0.3 is 14.2 Å². The monoisotopic (exact) mass is 357 g/mol. The maximum atomic E-state index is 12.6. The molecule has 0 bridgehead atoms. The third kappa shape index (κ3) is 4.28. The molecule has 1 aliphatic heterocycles. The third-order valence-corrected chi connectivity index (χ3v) is 4.43. The molecule has 1 aromatic carbocycles. The fourth-order valence-electron chi connectivity index (χ4n) is 3.15. The molecule has 1 saturated heterocycles. The number of hydrogen-bond acceptors (Lipinski definition) is 6. The van der Waals surface area contributed by atoms with E-state index in [9.17, 15) is 9.59 Å². The molecule has 2 aromatic rings. The summed E-state index contributed by atoms with van der Waals surface area (Å²) in [5, 5.41) is 4.06. The summed E-state index contributed by atoms with van der Waals surface area (Å²) >= 11 is 0. The van der Waals surface area contributed by atoms with E-state index in [4.69, 9.17) is 9.26 Å². The van der Waals surface area contributed by atoms with Crippen LogP contribution in [-0.2, 0) is 14.3 Å². The number of rotatable bonds is 6. The zero-order valence-corrected chi connectivity index (χ0v) is 14.9. The standard InChI is InChI=1S/C19H23N3O4/c1-2-25-17(24)12-11-16(23)22-13-7-6-10-15(22)19-20-18(21-26-19)14-8-4-3-5-9-14/h3-5,8-9,15H,2,6-7,10-13H2,1H3. The molecule has 1 amide bonds. The van der Waals surface area contributed by atoms with Crippen molar-refractivity contribution in [1.82, 2.24) is 15.0 Å². The van der Waals surface area contributed by atoms with Crippen LogP contribution in [0.1, 0.15) is 51.0 Å². The van der Waals surface area contributed by atoms with Gasteiger partial charge in [-0.1, -0.05) is 35.5 Å². The number of carbonyl (C=O) groups excluding carboxylic acids is 2. The van der Waals surface area contributed by atoms with Crippen molar-refractivity contribution in [3.63, 3.8) is 0 Å². The molecule has 26 heavy (non-hydrogen) atoms. The fraction of sp³-hybridized carbons (Fsp3) is 0.474. The molecular formula is C19H23N3O4. The number of carbonyl (C=O) groups is 2. The molecule has 7 nitrogen and oxygen atoms in total. The van der Waals surface area contributed by atoms with Crippen molar-refractivity contribution in [2.24, 2.45) is 0 Å². The van der Waals surface area contributed by atoms with Gasteiger partial charge in [-0.05, 0) is 26.2 Å². The molecule has 0 radical (unpaired) electrons. The Morgan fingerprint density at radius 1 is 1.23 bits per heavy atom. The second-order valence-corrected chi connectivity index (χ2v) is 6.23. The van der Waals surface area contributed by atoms with Crippen molar-refractivity contribution in [2.45, 2.75) is 45.1 Å². The van der Waals surface area contributed by atoms with Crippen molar-refractivity contribution < 1.29 is 18.8 Å². The zero-order valence-electron chi connectivity index (χ0n) is 14.9. The van der Waals surface area contributed by atoms with Crippen molar-refractivity contribution >= 4 is 11.9 Å². The Hall–Kier alpha value is -2.70. The summed E-state index contributed by atoms with van der Waals surface area (Å²) in [5.41, 5.74) is 0.874. The summed E-state index contributed by atoms with van der Waals surface area (Å²) in [4.78, 5) is 30.4. The molecule has 1 aliphatic rings. The Bertz CT molecular complexity index is 744. The van der Waals surface area contributed by atoms with Crippen molar-refractivity contribution in [3.8, 4) is 11.4 Å². The summed E-state index contributed by atoms with van der Waals surface area (Å²) in [6.07, 6.45) is 2.93. The predicted molar refractivity (Wildman–Crippen MR) is 93.9 cm³/mol. The van der Waals surface area contributed by atoms with Gasteiger partial charge in [0, 0.05) is 18.5 Å². The van der Waals surface area contributed by atoms with Crippen LogP contribution in [0.2, 0.25) is 0 Å². The fourth-order valence-corrected chi connectivity index (χ4v) is 3.15. The van der Waals surface area contributed by atoms with E-state index in [0.717, 1.165) is 24.8 Å². The molecule has 2 heterocycles. The van der Waals surface area contributed by atoms with E-state index in [-0.39, 0.29) is 30.8 Å². The number of amides is 1. The first-order valence-corrected chi connectivity index (χ1v) is 9.03. The topological polar surface area (TPSA) is 85.5 Å². The summed E-state index contributed by atoms with van der Waals surface area (Å²) in [6.45, 7) is 2.71. The van der Waals surface area contributed by atoms with E-state index < -0.39 is 0 Å². The van der Waals surface area contributed by atoms with E-state index in [1.54, 1.807) is 11.8 Å². The normalized spacial score (nSPS) is 17.1. The Morgan fingerprint density at radius 2 is 2.04 bits per heavy atom. The van der Waals surface area contributed by atoms with Gasteiger partial charge in [-0.15, -0.1) is 0 Å². The number of likely N-dealkylation sites (tertiary alicyclic amines) is 1. The van der Waals surface area contributed by atoms with E-state index in [1.165, 1.54) is 0 Å². The number of esters is 1. The maximum Gasteiger partial charge on any atom is 0.306 e. The Balaban J connectivity index is 1.70. The highest BCUT2D eigenvalue weighted by Gasteiger charge is 2.32. The molecule has 0 N–H and O–H groups in total. The average molecular weight is 357 g/mol. The van der Waals surface area contributed by atoms with Crippen LogP contribution in [0, 0.1) is 0 Å². The van der Waals surface area contributed by atoms with E-state index >= 15 is 0 Å². The van der Waals surface area contributed by atoms with E-state index in [1.807, 2.05) is 30.3 Å². The number of ether oxygens (including phenoxy) is 1. The minimum atomic E-state index is -0.349.